The van der Waals surface area contributed by atoms with E-state index in [1.54, 1.807) is 11.8 Å². The van der Waals surface area contributed by atoms with Crippen LogP contribution in [0.3, 0.4) is 0 Å². The number of likely N-dealkylation sites (tertiary alicyclic amines) is 1. The molecule has 5 nitrogen and oxygen atoms in total. The summed E-state index contributed by atoms with van der Waals surface area (Å²) >= 11 is 0. The molecule has 1 aromatic carbocycles. The quantitative estimate of drug-likeness (QED) is 0.800. The van der Waals surface area contributed by atoms with E-state index in [2.05, 4.69) is 0 Å². The van der Waals surface area contributed by atoms with Crippen molar-refractivity contribution in [3.63, 3.8) is 0 Å². The molecule has 2 rings (SSSR count). The first kappa shape index (κ1) is 17.3. The zero-order valence-electron chi connectivity index (χ0n) is 14.5. The minimum Gasteiger partial charge on any atom is -0.466 e. The molecule has 1 amide bonds. The molecule has 0 radical (unpaired) electrons. The van der Waals surface area contributed by atoms with Crippen molar-refractivity contribution < 1.29 is 14.3 Å². The minimum absolute atomic E-state index is 0.00703. The third-order valence-electron chi connectivity index (χ3n) is 4.25. The van der Waals surface area contributed by atoms with Gasteiger partial charge in [-0.1, -0.05) is 0 Å². The summed E-state index contributed by atoms with van der Waals surface area (Å²) in [6, 6.07) is 5.75. The van der Waals surface area contributed by atoms with Crippen LogP contribution in [0.4, 0.5) is 5.69 Å². The second-order valence-electron chi connectivity index (χ2n) is 6.24. The molecule has 1 atom stereocenters. The molecule has 0 aliphatic carbocycles. The van der Waals surface area contributed by atoms with E-state index in [4.69, 9.17) is 4.74 Å². The fraction of sp³-hybridized carbons (Fsp3) is 0.556. The van der Waals surface area contributed by atoms with Gasteiger partial charge in [0.1, 0.15) is 0 Å². The fourth-order valence-electron chi connectivity index (χ4n) is 3.09. The Hall–Kier alpha value is -2.04. The zero-order chi connectivity index (χ0) is 17.0. The number of benzene rings is 1. The van der Waals surface area contributed by atoms with Crippen molar-refractivity contribution in [1.82, 2.24) is 4.90 Å². The third-order valence-corrected chi connectivity index (χ3v) is 4.25. The van der Waals surface area contributed by atoms with E-state index in [1.807, 2.05) is 44.1 Å². The van der Waals surface area contributed by atoms with Crippen molar-refractivity contribution in [2.45, 2.75) is 26.7 Å². The summed E-state index contributed by atoms with van der Waals surface area (Å²) in [5.41, 5.74) is 2.85. The average molecular weight is 318 g/mol. The molecule has 0 N–H and O–H groups in total. The number of piperidine rings is 1. The lowest BCUT2D eigenvalue weighted by atomic mass is 9.97. The Kier molecular flexibility index (Phi) is 5.64. The highest BCUT2D eigenvalue weighted by atomic mass is 16.5. The number of aryl methyl sites for hydroxylation is 1. The van der Waals surface area contributed by atoms with Gasteiger partial charge in [-0.3, -0.25) is 9.59 Å². The van der Waals surface area contributed by atoms with E-state index in [0.29, 0.717) is 25.3 Å². The molecule has 1 aliphatic heterocycles. The predicted molar refractivity (Wildman–Crippen MR) is 90.8 cm³/mol. The molecule has 1 unspecified atom stereocenters. The standard InChI is InChI=1S/C18H26N2O3/c1-5-23-18(22)15-7-6-10-20(12-15)17(21)14-8-9-16(19(3)4)13(2)11-14/h8-9,11,15H,5-7,10,12H2,1-4H3. The van der Waals surface area contributed by atoms with E-state index >= 15 is 0 Å². The van der Waals surface area contributed by atoms with Crippen LogP contribution in [0, 0.1) is 12.8 Å². The summed E-state index contributed by atoms with van der Waals surface area (Å²) in [5, 5.41) is 0. The molecule has 0 aromatic heterocycles. The van der Waals surface area contributed by atoms with E-state index in [1.165, 1.54) is 0 Å². The molecular formula is C18H26N2O3. The van der Waals surface area contributed by atoms with Gasteiger partial charge < -0.3 is 14.5 Å². The SMILES string of the molecule is CCOC(=O)C1CCCN(C(=O)c2ccc(N(C)C)c(C)c2)C1. The molecule has 1 heterocycles. The number of rotatable bonds is 4. The van der Waals surface area contributed by atoms with Gasteiger partial charge in [0.15, 0.2) is 0 Å². The number of carbonyl (C=O) groups is 2. The smallest absolute Gasteiger partial charge is 0.310 e. The number of nitrogens with zero attached hydrogens (tertiary/aromatic N) is 2. The molecule has 1 saturated heterocycles. The largest absolute Gasteiger partial charge is 0.466 e. The highest BCUT2D eigenvalue weighted by Gasteiger charge is 2.29. The molecule has 5 heteroatoms. The zero-order valence-corrected chi connectivity index (χ0v) is 14.5. The van der Waals surface area contributed by atoms with Crippen molar-refractivity contribution in [2.24, 2.45) is 5.92 Å². The van der Waals surface area contributed by atoms with Gasteiger partial charge in [-0.15, -0.1) is 0 Å². The van der Waals surface area contributed by atoms with Crippen molar-refractivity contribution in [3.05, 3.63) is 29.3 Å². The van der Waals surface area contributed by atoms with Crippen molar-refractivity contribution in [2.75, 3.05) is 38.7 Å². The van der Waals surface area contributed by atoms with Gasteiger partial charge in [0.2, 0.25) is 0 Å². The molecule has 1 aromatic rings. The Balaban J connectivity index is 2.10. The van der Waals surface area contributed by atoms with Crippen LogP contribution in [0.2, 0.25) is 0 Å². The number of hydrogen-bond donors (Lipinski definition) is 0. The van der Waals surface area contributed by atoms with Crippen LogP contribution in [0.5, 0.6) is 0 Å². The maximum absolute atomic E-state index is 12.7. The van der Waals surface area contributed by atoms with Crippen LogP contribution in [-0.2, 0) is 9.53 Å². The number of ether oxygens (including phenoxy) is 1. The van der Waals surface area contributed by atoms with Gasteiger partial charge in [0.05, 0.1) is 12.5 Å². The number of amides is 1. The van der Waals surface area contributed by atoms with Gasteiger partial charge in [0, 0.05) is 38.4 Å². The van der Waals surface area contributed by atoms with Crippen LogP contribution in [-0.4, -0.2) is 50.6 Å². The van der Waals surface area contributed by atoms with Gasteiger partial charge in [-0.25, -0.2) is 0 Å². The molecule has 126 valence electrons. The predicted octanol–water partition coefficient (Wildman–Crippen LogP) is 2.48. The molecule has 1 fully saturated rings. The third kappa shape index (κ3) is 4.03. The lowest BCUT2D eigenvalue weighted by Gasteiger charge is -2.31. The van der Waals surface area contributed by atoms with Crippen LogP contribution in [0.1, 0.15) is 35.7 Å². The Labute approximate surface area is 138 Å². The normalized spacial score (nSPS) is 17.7. The van der Waals surface area contributed by atoms with Crippen LogP contribution < -0.4 is 4.90 Å². The number of esters is 1. The summed E-state index contributed by atoms with van der Waals surface area (Å²) < 4.78 is 5.09. The lowest BCUT2D eigenvalue weighted by Crippen LogP contribution is -2.42. The van der Waals surface area contributed by atoms with E-state index in [0.717, 1.165) is 24.1 Å². The Morgan fingerprint density at radius 3 is 2.70 bits per heavy atom. The summed E-state index contributed by atoms with van der Waals surface area (Å²) in [6.07, 6.45) is 1.63. The first-order valence-electron chi connectivity index (χ1n) is 8.18. The Morgan fingerprint density at radius 1 is 1.35 bits per heavy atom. The van der Waals surface area contributed by atoms with Gasteiger partial charge >= 0.3 is 5.97 Å². The molecule has 0 spiro atoms. The summed E-state index contributed by atoms with van der Waals surface area (Å²) in [6.45, 7) is 5.34. The Morgan fingerprint density at radius 2 is 2.09 bits per heavy atom. The molecule has 1 aliphatic rings. The maximum Gasteiger partial charge on any atom is 0.310 e. The number of carbonyl (C=O) groups excluding carboxylic acids is 2. The van der Waals surface area contributed by atoms with Crippen molar-refractivity contribution in [3.8, 4) is 0 Å². The highest BCUT2D eigenvalue weighted by molar-refractivity contribution is 5.95. The van der Waals surface area contributed by atoms with Gasteiger partial charge in [0.25, 0.3) is 5.91 Å². The molecule has 23 heavy (non-hydrogen) atoms. The maximum atomic E-state index is 12.7. The first-order chi connectivity index (χ1) is 10.9. The van der Waals surface area contributed by atoms with Crippen molar-refractivity contribution in [1.29, 1.82) is 0 Å². The summed E-state index contributed by atoms with van der Waals surface area (Å²) in [5.74, 6) is -0.397. The van der Waals surface area contributed by atoms with E-state index in [9.17, 15) is 9.59 Å². The monoisotopic (exact) mass is 318 g/mol. The minimum atomic E-state index is -0.199. The van der Waals surface area contributed by atoms with Crippen LogP contribution >= 0.6 is 0 Å². The summed E-state index contributed by atoms with van der Waals surface area (Å²) in [4.78, 5) is 28.4. The summed E-state index contributed by atoms with van der Waals surface area (Å²) in [7, 11) is 3.97. The molecule has 0 bridgehead atoms. The fourth-order valence-corrected chi connectivity index (χ4v) is 3.09. The van der Waals surface area contributed by atoms with Crippen molar-refractivity contribution >= 4 is 17.6 Å². The number of anilines is 1. The topological polar surface area (TPSA) is 49.9 Å². The highest BCUT2D eigenvalue weighted by Crippen LogP contribution is 2.23. The Bertz CT molecular complexity index is 584. The van der Waals surface area contributed by atoms with Gasteiger partial charge in [-0.2, -0.15) is 0 Å². The number of hydrogen-bond acceptors (Lipinski definition) is 4. The second kappa shape index (κ2) is 7.49. The lowest BCUT2D eigenvalue weighted by molar-refractivity contribution is -0.149. The van der Waals surface area contributed by atoms with Gasteiger partial charge in [-0.05, 0) is 50.5 Å². The molecule has 0 saturated carbocycles. The van der Waals surface area contributed by atoms with Crippen LogP contribution in [0.15, 0.2) is 18.2 Å². The van der Waals surface area contributed by atoms with E-state index in [-0.39, 0.29) is 17.8 Å². The average Bonchev–Trinajstić information content (AvgIpc) is 2.54. The first-order valence-corrected chi connectivity index (χ1v) is 8.18. The van der Waals surface area contributed by atoms with E-state index < -0.39 is 0 Å². The molecular weight excluding hydrogens is 292 g/mol. The van der Waals surface area contributed by atoms with Crippen LogP contribution in [0.25, 0.3) is 0 Å². The second-order valence-corrected chi connectivity index (χ2v) is 6.24.